The van der Waals surface area contributed by atoms with E-state index in [0.717, 1.165) is 57.8 Å². The number of likely N-dealkylation sites (N-methyl/N-ethyl adjacent to an activating group) is 1. The summed E-state index contributed by atoms with van der Waals surface area (Å²) >= 11 is 0. The Labute approximate surface area is 428 Å². The lowest BCUT2D eigenvalue weighted by Crippen LogP contribution is -2.37. The highest BCUT2D eigenvalue weighted by molar-refractivity contribution is 7.45. The molecule has 0 aromatic rings. The average Bonchev–Trinajstić information content (AvgIpc) is 3.31. The van der Waals surface area contributed by atoms with E-state index in [2.05, 4.69) is 74.6 Å². The Morgan fingerprint density at radius 1 is 0.464 bits per heavy atom. The third-order valence-electron chi connectivity index (χ3n) is 12.6. The summed E-state index contributed by atoms with van der Waals surface area (Å²) < 4.78 is 34.9. The van der Waals surface area contributed by atoms with Gasteiger partial charge in [-0.3, -0.25) is 9.36 Å². The SMILES string of the molecule is CC/C=C\C/C=C\C/C=C\C/C=C\CCCCCCCCCCCOCC(COP(=O)([O-])OCC[N+](C)(C)C)OC(=O)CCCCCCCCCCCCCCC/C=C\CCCCCCCCCC. The van der Waals surface area contributed by atoms with E-state index in [-0.39, 0.29) is 25.8 Å². The second-order valence-corrected chi connectivity index (χ2v) is 22.0. The Hall–Kier alpha value is -1.80. The predicted molar refractivity (Wildman–Crippen MR) is 296 cm³/mol. The van der Waals surface area contributed by atoms with Gasteiger partial charge in [-0.05, 0) is 77.0 Å². The number of hydrogen-bond donors (Lipinski definition) is 0. The molecule has 9 heteroatoms. The molecule has 0 rings (SSSR count). The molecule has 0 aliphatic rings. The average molecular weight is 991 g/mol. The van der Waals surface area contributed by atoms with E-state index in [1.807, 2.05) is 21.1 Å². The number of hydrogen-bond acceptors (Lipinski definition) is 7. The molecule has 0 saturated heterocycles. The molecule has 0 aromatic carbocycles. The Kier molecular flexibility index (Phi) is 51.2. The van der Waals surface area contributed by atoms with E-state index in [1.54, 1.807) is 0 Å². The monoisotopic (exact) mass is 990 g/mol. The van der Waals surface area contributed by atoms with Gasteiger partial charge in [0.05, 0.1) is 34.4 Å². The summed E-state index contributed by atoms with van der Waals surface area (Å²) in [5, 5.41) is 0. The quantitative estimate of drug-likeness (QED) is 0.0197. The normalized spacial score (nSPS) is 13.9. The number of carbonyl (C=O) groups excluding carboxylic acids is 1. The summed E-state index contributed by atoms with van der Waals surface area (Å²) in [4.78, 5) is 25.3. The van der Waals surface area contributed by atoms with Crippen molar-refractivity contribution in [3.8, 4) is 0 Å². The molecule has 0 spiro atoms. The maximum atomic E-state index is 12.8. The summed E-state index contributed by atoms with van der Waals surface area (Å²) in [6.45, 7) is 5.32. The number of unbranched alkanes of at least 4 members (excludes halogenated alkanes) is 30. The van der Waals surface area contributed by atoms with Gasteiger partial charge in [0.2, 0.25) is 0 Å². The lowest BCUT2D eigenvalue weighted by Gasteiger charge is -2.28. The van der Waals surface area contributed by atoms with Crippen LogP contribution in [-0.4, -0.2) is 70.7 Å². The van der Waals surface area contributed by atoms with Gasteiger partial charge in [-0.15, -0.1) is 0 Å². The van der Waals surface area contributed by atoms with Crippen molar-refractivity contribution in [1.29, 1.82) is 0 Å². The Morgan fingerprint density at radius 3 is 1.28 bits per heavy atom. The molecule has 0 bridgehead atoms. The van der Waals surface area contributed by atoms with Gasteiger partial charge in [0.25, 0.3) is 7.82 Å². The number of rotatable bonds is 54. The molecular weight excluding hydrogens is 878 g/mol. The maximum Gasteiger partial charge on any atom is 0.306 e. The molecule has 0 aromatic heterocycles. The summed E-state index contributed by atoms with van der Waals surface area (Å²) in [6, 6.07) is 0. The van der Waals surface area contributed by atoms with Gasteiger partial charge in [-0.1, -0.05) is 235 Å². The molecule has 0 radical (unpaired) electrons. The maximum absolute atomic E-state index is 12.8. The van der Waals surface area contributed by atoms with Gasteiger partial charge in [0, 0.05) is 13.0 Å². The van der Waals surface area contributed by atoms with Crippen molar-refractivity contribution in [2.24, 2.45) is 0 Å². The fourth-order valence-corrected chi connectivity index (χ4v) is 8.85. The minimum atomic E-state index is -4.54. The highest BCUT2D eigenvalue weighted by Crippen LogP contribution is 2.38. The minimum absolute atomic E-state index is 0.0236. The van der Waals surface area contributed by atoms with Crippen molar-refractivity contribution in [2.75, 3.05) is 54.1 Å². The van der Waals surface area contributed by atoms with Crippen molar-refractivity contribution in [3.05, 3.63) is 60.8 Å². The largest absolute Gasteiger partial charge is 0.756 e. The molecule has 2 unspecified atom stereocenters. The molecule has 0 N–H and O–H groups in total. The number of allylic oxidation sites excluding steroid dienone is 10. The van der Waals surface area contributed by atoms with Crippen LogP contribution >= 0.6 is 7.82 Å². The second kappa shape index (κ2) is 52.5. The molecule has 2 atom stereocenters. The number of nitrogens with zero attached hydrogens (tertiary/aromatic N) is 1. The van der Waals surface area contributed by atoms with Crippen LogP contribution in [0.3, 0.4) is 0 Å². The zero-order valence-electron chi connectivity index (χ0n) is 46.0. The molecular formula is C60H112NO7P. The smallest absolute Gasteiger partial charge is 0.306 e. The first-order valence-electron chi connectivity index (χ1n) is 29.0. The third-order valence-corrected chi connectivity index (χ3v) is 13.5. The summed E-state index contributed by atoms with van der Waals surface area (Å²) in [5.41, 5.74) is 0. The predicted octanol–water partition coefficient (Wildman–Crippen LogP) is 17.8. The standard InChI is InChI=1S/C60H112NO7P/c1-6-8-10-12-14-16-18-20-22-24-26-28-30-31-32-33-35-37-39-41-43-45-47-49-51-53-60(62)68-59(58-67-69(63,64)66-56-54-61(3,4)5)57-65-55-52-50-48-46-44-42-40-38-36-34-29-27-25-23-21-19-17-15-13-11-9-7-2/h9,11,15,17,21,23-24,26-27,29,59H,6-8,10,12-14,16,18-20,22,25,28,30-58H2,1-5H3/b11-9-,17-15-,23-21-,26-24-,29-27-. The molecule has 0 fully saturated rings. The molecule has 0 amide bonds. The molecule has 0 saturated carbocycles. The summed E-state index contributed by atoms with van der Waals surface area (Å²) in [5.74, 6) is -0.334. The fraction of sp³-hybridized carbons (Fsp3) is 0.817. The molecule has 404 valence electrons. The summed E-state index contributed by atoms with van der Waals surface area (Å²) in [6.07, 6.45) is 68.3. The number of quaternary nitrogens is 1. The van der Waals surface area contributed by atoms with E-state index in [4.69, 9.17) is 18.5 Å². The van der Waals surface area contributed by atoms with Gasteiger partial charge in [0.1, 0.15) is 19.3 Å². The van der Waals surface area contributed by atoms with Crippen LogP contribution in [0.25, 0.3) is 0 Å². The Bertz CT molecular complexity index is 1290. The zero-order valence-corrected chi connectivity index (χ0v) is 46.9. The Balaban J connectivity index is 4.07. The van der Waals surface area contributed by atoms with Crippen LogP contribution < -0.4 is 4.89 Å². The van der Waals surface area contributed by atoms with Crippen LogP contribution in [0.15, 0.2) is 60.8 Å². The number of phosphoric acid groups is 1. The number of phosphoric ester groups is 1. The van der Waals surface area contributed by atoms with Crippen LogP contribution in [0.2, 0.25) is 0 Å². The van der Waals surface area contributed by atoms with Crippen molar-refractivity contribution in [1.82, 2.24) is 0 Å². The zero-order chi connectivity index (χ0) is 50.5. The lowest BCUT2D eigenvalue weighted by atomic mass is 10.0. The highest BCUT2D eigenvalue weighted by atomic mass is 31.2. The van der Waals surface area contributed by atoms with Crippen LogP contribution in [0.4, 0.5) is 0 Å². The van der Waals surface area contributed by atoms with Crippen LogP contribution in [0.1, 0.15) is 258 Å². The van der Waals surface area contributed by atoms with Crippen LogP contribution in [-0.2, 0) is 27.9 Å². The molecule has 0 heterocycles. The first kappa shape index (κ1) is 67.2. The molecule has 8 nitrogen and oxygen atoms in total. The van der Waals surface area contributed by atoms with Crippen molar-refractivity contribution < 1.29 is 37.3 Å². The fourth-order valence-electron chi connectivity index (χ4n) is 8.12. The third kappa shape index (κ3) is 57.0. The topological polar surface area (TPSA) is 94.1 Å². The van der Waals surface area contributed by atoms with E-state index in [9.17, 15) is 14.3 Å². The summed E-state index contributed by atoms with van der Waals surface area (Å²) in [7, 11) is 1.35. The van der Waals surface area contributed by atoms with Gasteiger partial charge in [-0.2, -0.15) is 0 Å². The van der Waals surface area contributed by atoms with E-state index >= 15 is 0 Å². The van der Waals surface area contributed by atoms with Crippen LogP contribution in [0, 0.1) is 0 Å². The van der Waals surface area contributed by atoms with Gasteiger partial charge in [-0.25, -0.2) is 0 Å². The molecule has 0 aliphatic heterocycles. The number of ether oxygens (including phenoxy) is 2. The van der Waals surface area contributed by atoms with Gasteiger partial charge in [0.15, 0.2) is 0 Å². The second-order valence-electron chi connectivity index (χ2n) is 20.6. The van der Waals surface area contributed by atoms with E-state index in [1.165, 1.54) is 180 Å². The van der Waals surface area contributed by atoms with Crippen LogP contribution in [0.5, 0.6) is 0 Å². The Morgan fingerprint density at radius 2 is 0.841 bits per heavy atom. The van der Waals surface area contributed by atoms with E-state index < -0.39 is 13.9 Å². The number of esters is 1. The molecule has 0 aliphatic carbocycles. The van der Waals surface area contributed by atoms with Crippen molar-refractivity contribution in [2.45, 2.75) is 264 Å². The first-order valence-corrected chi connectivity index (χ1v) is 30.5. The van der Waals surface area contributed by atoms with Crippen molar-refractivity contribution in [3.63, 3.8) is 0 Å². The molecule has 69 heavy (non-hydrogen) atoms. The van der Waals surface area contributed by atoms with Crippen molar-refractivity contribution >= 4 is 13.8 Å². The highest BCUT2D eigenvalue weighted by Gasteiger charge is 2.20. The number of carbonyl (C=O) groups is 1. The minimum Gasteiger partial charge on any atom is -0.756 e. The van der Waals surface area contributed by atoms with Gasteiger partial charge >= 0.3 is 5.97 Å². The van der Waals surface area contributed by atoms with E-state index in [0.29, 0.717) is 24.1 Å². The van der Waals surface area contributed by atoms with Gasteiger partial charge < -0.3 is 27.9 Å². The lowest BCUT2D eigenvalue weighted by molar-refractivity contribution is -0.870. The first-order chi connectivity index (χ1) is 33.6.